The molecule has 0 unspecified atom stereocenters. The molecule has 1 aromatic heterocycles. The van der Waals surface area contributed by atoms with Crippen LogP contribution in [0.25, 0.3) is 0 Å². The summed E-state index contributed by atoms with van der Waals surface area (Å²) in [5, 5.41) is 19.2. The molecule has 0 atom stereocenters. The average molecular weight is 282 g/mol. The van der Waals surface area contributed by atoms with Crippen LogP contribution < -0.4 is 9.47 Å². The van der Waals surface area contributed by atoms with Crippen LogP contribution in [0.4, 0.5) is 19.0 Å². The second kappa shape index (κ2) is 4.96. The number of ether oxygens (including phenoxy) is 2. The number of rotatable bonds is 4. The van der Waals surface area contributed by atoms with E-state index in [4.69, 9.17) is 5.11 Å². The predicted molar refractivity (Wildman–Crippen MR) is 51.1 cm³/mol. The number of carboxylic acid groups (broad SMARTS) is 1. The fraction of sp³-hybridized carbons (Fsp3) is 0.250. The molecule has 1 aromatic rings. The lowest BCUT2D eigenvalue weighted by Crippen LogP contribution is -2.20. The Bertz CT molecular complexity index is 530. The van der Waals surface area contributed by atoms with Gasteiger partial charge in [-0.25, -0.2) is 4.79 Å². The van der Waals surface area contributed by atoms with Crippen molar-refractivity contribution < 1.29 is 37.5 Å². The molecule has 1 rings (SSSR count). The number of carboxylic acids is 1. The zero-order valence-corrected chi connectivity index (χ0v) is 9.09. The van der Waals surface area contributed by atoms with Crippen molar-refractivity contribution in [1.29, 1.82) is 0 Å². The summed E-state index contributed by atoms with van der Waals surface area (Å²) >= 11 is 0. The van der Waals surface area contributed by atoms with Crippen LogP contribution in [0.2, 0.25) is 0 Å². The quantitative estimate of drug-likeness (QED) is 0.659. The smallest absolute Gasteiger partial charge is 0.492 e. The highest BCUT2D eigenvalue weighted by molar-refractivity contribution is 5.90. The molecule has 0 aliphatic heterocycles. The minimum absolute atomic E-state index is 0.521. The zero-order valence-electron chi connectivity index (χ0n) is 9.09. The lowest BCUT2D eigenvalue weighted by molar-refractivity contribution is -0.389. The summed E-state index contributed by atoms with van der Waals surface area (Å²) in [7, 11) is 0.897. The van der Waals surface area contributed by atoms with Gasteiger partial charge in [-0.05, 0) is 9.91 Å². The van der Waals surface area contributed by atoms with E-state index in [1.165, 1.54) is 0 Å². The SMILES string of the molecule is COc1cc([N+](=O)[O-])nc(C(=O)O)c1OC(F)(F)F. The third kappa shape index (κ3) is 3.43. The van der Waals surface area contributed by atoms with Gasteiger partial charge in [0.25, 0.3) is 0 Å². The molecule has 0 aliphatic carbocycles. The van der Waals surface area contributed by atoms with Gasteiger partial charge in [-0.1, -0.05) is 0 Å². The predicted octanol–water partition coefficient (Wildman–Crippen LogP) is 1.60. The lowest BCUT2D eigenvalue weighted by atomic mass is 10.3. The van der Waals surface area contributed by atoms with Gasteiger partial charge in [0.1, 0.15) is 0 Å². The lowest BCUT2D eigenvalue weighted by Gasteiger charge is -2.12. The first kappa shape index (κ1) is 14.5. The highest BCUT2D eigenvalue weighted by Crippen LogP contribution is 2.36. The normalized spacial score (nSPS) is 10.9. The standard InChI is InChI=1S/C8H5F3N2O6/c1-18-3-2-4(13(16)17)12-5(7(14)15)6(3)19-8(9,10)11/h2H,1H3,(H,14,15). The molecular formula is C8H5F3N2O6. The molecule has 1 heterocycles. The summed E-state index contributed by atoms with van der Waals surface area (Å²) < 4.78 is 44.3. The number of pyridine rings is 1. The molecule has 0 spiro atoms. The van der Waals surface area contributed by atoms with Crippen LogP contribution in [0, 0.1) is 10.1 Å². The van der Waals surface area contributed by atoms with E-state index >= 15 is 0 Å². The number of halogens is 3. The highest BCUT2D eigenvalue weighted by Gasteiger charge is 2.38. The van der Waals surface area contributed by atoms with Crippen molar-refractivity contribution in [3.63, 3.8) is 0 Å². The summed E-state index contributed by atoms with van der Waals surface area (Å²) in [4.78, 5) is 23.1. The molecule has 104 valence electrons. The molecule has 0 fully saturated rings. The fourth-order valence-corrected chi connectivity index (χ4v) is 1.10. The molecule has 1 N–H and O–H groups in total. The highest BCUT2D eigenvalue weighted by atomic mass is 19.4. The van der Waals surface area contributed by atoms with Crippen LogP contribution in [0.15, 0.2) is 6.07 Å². The van der Waals surface area contributed by atoms with Crippen molar-refractivity contribution in [2.45, 2.75) is 6.36 Å². The molecule has 0 aromatic carbocycles. The number of aromatic nitrogens is 1. The first-order valence-corrected chi connectivity index (χ1v) is 4.38. The largest absolute Gasteiger partial charge is 0.573 e. The van der Waals surface area contributed by atoms with Gasteiger partial charge < -0.3 is 24.7 Å². The monoisotopic (exact) mass is 282 g/mol. The van der Waals surface area contributed by atoms with E-state index in [-0.39, 0.29) is 0 Å². The Morgan fingerprint density at radius 1 is 1.53 bits per heavy atom. The second-order valence-electron chi connectivity index (χ2n) is 2.97. The van der Waals surface area contributed by atoms with Crippen molar-refractivity contribution in [1.82, 2.24) is 4.98 Å². The van der Waals surface area contributed by atoms with Crippen LogP contribution in [0.1, 0.15) is 10.5 Å². The van der Waals surface area contributed by atoms with E-state index in [0.717, 1.165) is 7.11 Å². The third-order valence-corrected chi connectivity index (χ3v) is 1.75. The maximum atomic E-state index is 12.1. The van der Waals surface area contributed by atoms with Gasteiger partial charge >= 0.3 is 23.8 Å². The summed E-state index contributed by atoms with van der Waals surface area (Å²) in [6.45, 7) is 0. The zero-order chi connectivity index (χ0) is 14.8. The van der Waals surface area contributed by atoms with E-state index in [9.17, 15) is 28.1 Å². The van der Waals surface area contributed by atoms with Crippen LogP contribution in [-0.4, -0.2) is 34.5 Å². The van der Waals surface area contributed by atoms with Gasteiger partial charge in [0.15, 0.2) is 5.75 Å². The van der Waals surface area contributed by atoms with Gasteiger partial charge in [-0.3, -0.25) is 0 Å². The molecule has 0 radical (unpaired) electrons. The summed E-state index contributed by atoms with van der Waals surface area (Å²) in [6.07, 6.45) is -5.20. The molecular weight excluding hydrogens is 277 g/mol. The topological polar surface area (TPSA) is 112 Å². The van der Waals surface area contributed by atoms with Gasteiger partial charge in [0.05, 0.1) is 13.2 Å². The number of nitrogens with zero attached hydrogens (tertiary/aromatic N) is 2. The maximum Gasteiger partial charge on any atom is 0.573 e. The number of methoxy groups -OCH3 is 1. The van der Waals surface area contributed by atoms with E-state index in [1.807, 2.05) is 0 Å². The fourth-order valence-electron chi connectivity index (χ4n) is 1.10. The number of aromatic carboxylic acids is 1. The van der Waals surface area contributed by atoms with E-state index in [0.29, 0.717) is 6.07 Å². The van der Waals surface area contributed by atoms with E-state index in [1.54, 1.807) is 0 Å². The van der Waals surface area contributed by atoms with Gasteiger partial charge in [0, 0.05) is 0 Å². The van der Waals surface area contributed by atoms with Crippen molar-refractivity contribution in [2.24, 2.45) is 0 Å². The molecule has 0 amide bonds. The first-order chi connectivity index (χ1) is 8.65. The van der Waals surface area contributed by atoms with Gasteiger partial charge in [0.2, 0.25) is 5.75 Å². The molecule has 0 saturated carbocycles. The molecule has 0 bridgehead atoms. The minimum Gasteiger partial charge on any atom is -0.492 e. The van der Waals surface area contributed by atoms with E-state index < -0.39 is 40.3 Å². The number of alkyl halides is 3. The Hall–Kier alpha value is -2.59. The Balaban J connectivity index is 3.49. The van der Waals surface area contributed by atoms with E-state index in [2.05, 4.69) is 14.5 Å². The van der Waals surface area contributed by atoms with Crippen LogP contribution in [0.5, 0.6) is 11.5 Å². The molecule has 19 heavy (non-hydrogen) atoms. The number of carbonyl (C=O) groups is 1. The Morgan fingerprint density at radius 2 is 2.11 bits per heavy atom. The average Bonchev–Trinajstić information content (AvgIpc) is 2.26. The minimum atomic E-state index is -5.20. The summed E-state index contributed by atoms with van der Waals surface area (Å²) in [5.74, 6) is -4.94. The maximum absolute atomic E-state index is 12.1. The van der Waals surface area contributed by atoms with Crippen molar-refractivity contribution in [3.8, 4) is 11.5 Å². The van der Waals surface area contributed by atoms with Crippen LogP contribution in [-0.2, 0) is 0 Å². The van der Waals surface area contributed by atoms with Crippen molar-refractivity contribution >= 4 is 11.8 Å². The number of nitro groups is 1. The van der Waals surface area contributed by atoms with Crippen LogP contribution >= 0.6 is 0 Å². The Kier molecular flexibility index (Phi) is 3.77. The number of hydrogen-bond donors (Lipinski definition) is 1. The number of hydrogen-bond acceptors (Lipinski definition) is 6. The molecule has 0 saturated heterocycles. The van der Waals surface area contributed by atoms with Crippen LogP contribution in [0.3, 0.4) is 0 Å². The van der Waals surface area contributed by atoms with Crippen molar-refractivity contribution in [2.75, 3.05) is 7.11 Å². The second-order valence-corrected chi connectivity index (χ2v) is 2.97. The molecule has 0 aliphatic rings. The molecule has 11 heteroatoms. The van der Waals surface area contributed by atoms with Crippen molar-refractivity contribution in [3.05, 3.63) is 21.9 Å². The van der Waals surface area contributed by atoms with Gasteiger partial charge in [-0.2, -0.15) is 0 Å². The first-order valence-electron chi connectivity index (χ1n) is 4.38. The molecule has 8 nitrogen and oxygen atoms in total. The Labute approximate surface area is 102 Å². The van der Waals surface area contributed by atoms with Gasteiger partial charge in [-0.15, -0.1) is 13.2 Å². The third-order valence-electron chi connectivity index (χ3n) is 1.75. The summed E-state index contributed by atoms with van der Waals surface area (Å²) in [5.41, 5.74) is -1.27. The summed E-state index contributed by atoms with van der Waals surface area (Å²) in [6, 6.07) is 0.521. The Morgan fingerprint density at radius 3 is 2.47 bits per heavy atom.